The molecule has 1 heterocycles. The van der Waals surface area contributed by atoms with Crippen LogP contribution in [0.2, 0.25) is 0 Å². The van der Waals surface area contributed by atoms with Crippen molar-refractivity contribution in [1.29, 1.82) is 0 Å². The Labute approximate surface area is 107 Å². The van der Waals surface area contributed by atoms with Crippen LogP contribution in [0.25, 0.3) is 0 Å². The Hall–Kier alpha value is -1.20. The minimum absolute atomic E-state index is 0.320. The number of nitrogens with zero attached hydrogens (tertiary/aromatic N) is 2. The van der Waals surface area contributed by atoms with Crippen molar-refractivity contribution in [2.45, 2.75) is 24.8 Å². The van der Waals surface area contributed by atoms with Crippen LogP contribution in [0, 0.1) is 0 Å². The summed E-state index contributed by atoms with van der Waals surface area (Å²) in [7, 11) is 0. The summed E-state index contributed by atoms with van der Waals surface area (Å²) in [6.45, 7) is 0. The van der Waals surface area contributed by atoms with Crippen LogP contribution >= 0.6 is 15.9 Å². The highest BCUT2D eigenvalue weighted by Crippen LogP contribution is 2.39. The molecule has 1 atom stereocenters. The molecule has 1 aliphatic rings. The Morgan fingerprint density at radius 1 is 1.29 bits per heavy atom. The van der Waals surface area contributed by atoms with Crippen molar-refractivity contribution in [2.75, 3.05) is 0 Å². The highest BCUT2D eigenvalue weighted by atomic mass is 79.9. The fourth-order valence-corrected chi connectivity index (χ4v) is 1.95. The lowest BCUT2D eigenvalue weighted by molar-refractivity contribution is 0.372. The van der Waals surface area contributed by atoms with Gasteiger partial charge in [0.25, 0.3) is 0 Å². The van der Waals surface area contributed by atoms with E-state index in [2.05, 4.69) is 26.1 Å². The average molecular weight is 294 g/mol. The number of aromatic nitrogens is 2. The van der Waals surface area contributed by atoms with Gasteiger partial charge in [0.1, 0.15) is 0 Å². The summed E-state index contributed by atoms with van der Waals surface area (Å²) in [5.41, 5.74) is 7.08. The van der Waals surface area contributed by atoms with Gasteiger partial charge in [0.2, 0.25) is 5.89 Å². The monoisotopic (exact) mass is 293 g/mol. The molecule has 0 bridgehead atoms. The fourth-order valence-electron chi connectivity index (χ4n) is 1.69. The lowest BCUT2D eigenvalue weighted by Crippen LogP contribution is -2.13. The van der Waals surface area contributed by atoms with Crippen molar-refractivity contribution in [3.8, 4) is 0 Å². The quantitative estimate of drug-likeness (QED) is 0.945. The lowest BCUT2D eigenvalue weighted by atomic mass is 10.1. The molecule has 1 aliphatic carbocycles. The van der Waals surface area contributed by atoms with Gasteiger partial charge in [-0.1, -0.05) is 33.2 Å². The fraction of sp³-hybridized carbons (Fsp3) is 0.333. The highest BCUT2D eigenvalue weighted by Gasteiger charge is 2.30. The van der Waals surface area contributed by atoms with Gasteiger partial charge in [0.15, 0.2) is 5.82 Å². The first-order chi connectivity index (χ1) is 8.24. The van der Waals surface area contributed by atoms with Crippen LogP contribution in [-0.4, -0.2) is 10.1 Å². The summed E-state index contributed by atoms with van der Waals surface area (Å²) in [6.07, 6.45) is 2.30. The predicted molar refractivity (Wildman–Crippen MR) is 66.4 cm³/mol. The van der Waals surface area contributed by atoms with E-state index in [1.54, 1.807) is 0 Å². The molecular weight excluding hydrogens is 282 g/mol. The van der Waals surface area contributed by atoms with Gasteiger partial charge >= 0.3 is 0 Å². The molecule has 2 aromatic rings. The Bertz CT molecular complexity index is 519. The minimum atomic E-state index is -0.320. The topological polar surface area (TPSA) is 64.9 Å². The molecule has 1 saturated carbocycles. The molecule has 5 heteroatoms. The van der Waals surface area contributed by atoms with Gasteiger partial charge in [-0.2, -0.15) is 4.98 Å². The first kappa shape index (κ1) is 10.9. The zero-order valence-corrected chi connectivity index (χ0v) is 10.7. The summed E-state index contributed by atoms with van der Waals surface area (Å²) in [6, 6.07) is 7.51. The molecule has 1 aromatic carbocycles. The number of hydrogen-bond donors (Lipinski definition) is 1. The second kappa shape index (κ2) is 4.23. The third-order valence-corrected chi connectivity index (χ3v) is 3.42. The molecule has 4 nitrogen and oxygen atoms in total. The molecule has 2 N–H and O–H groups in total. The van der Waals surface area contributed by atoms with Crippen LogP contribution in [0.3, 0.4) is 0 Å². The van der Waals surface area contributed by atoms with Crippen LogP contribution in [0.5, 0.6) is 0 Å². The maximum Gasteiger partial charge on any atom is 0.229 e. The van der Waals surface area contributed by atoms with Crippen molar-refractivity contribution < 1.29 is 4.52 Å². The van der Waals surface area contributed by atoms with Crippen LogP contribution in [0.1, 0.15) is 42.1 Å². The molecule has 0 saturated heterocycles. The summed E-state index contributed by atoms with van der Waals surface area (Å²) in [5.74, 6) is 1.76. The van der Waals surface area contributed by atoms with E-state index in [0.29, 0.717) is 11.7 Å². The molecule has 1 aromatic heterocycles. The Morgan fingerprint density at radius 3 is 2.65 bits per heavy atom. The first-order valence-corrected chi connectivity index (χ1v) is 6.38. The maximum absolute atomic E-state index is 6.10. The van der Waals surface area contributed by atoms with Crippen molar-refractivity contribution in [1.82, 2.24) is 10.1 Å². The largest absolute Gasteiger partial charge is 0.339 e. The summed E-state index contributed by atoms with van der Waals surface area (Å²) < 4.78 is 6.23. The van der Waals surface area contributed by atoms with Gasteiger partial charge in [0.05, 0.1) is 6.04 Å². The molecule has 0 aliphatic heterocycles. The normalized spacial score (nSPS) is 17.1. The molecule has 0 amide bonds. The van der Waals surface area contributed by atoms with Gasteiger partial charge in [0, 0.05) is 10.4 Å². The minimum Gasteiger partial charge on any atom is -0.339 e. The van der Waals surface area contributed by atoms with E-state index in [4.69, 9.17) is 10.3 Å². The smallest absolute Gasteiger partial charge is 0.229 e. The van der Waals surface area contributed by atoms with E-state index in [1.165, 1.54) is 0 Å². The Kier molecular flexibility index (Phi) is 2.72. The number of rotatable bonds is 3. The molecule has 1 unspecified atom stereocenters. The first-order valence-electron chi connectivity index (χ1n) is 5.58. The summed E-state index contributed by atoms with van der Waals surface area (Å²) in [5, 5.41) is 3.95. The number of hydrogen-bond acceptors (Lipinski definition) is 4. The molecular formula is C12H12BrN3O. The van der Waals surface area contributed by atoms with Crippen molar-refractivity contribution in [3.05, 3.63) is 46.0 Å². The van der Waals surface area contributed by atoms with E-state index in [0.717, 1.165) is 28.8 Å². The van der Waals surface area contributed by atoms with E-state index < -0.39 is 0 Å². The highest BCUT2D eigenvalue weighted by molar-refractivity contribution is 9.10. The van der Waals surface area contributed by atoms with Crippen LogP contribution in [-0.2, 0) is 0 Å². The van der Waals surface area contributed by atoms with Gasteiger partial charge in [-0.15, -0.1) is 0 Å². The van der Waals surface area contributed by atoms with Gasteiger partial charge in [-0.3, -0.25) is 0 Å². The van der Waals surface area contributed by atoms with Crippen molar-refractivity contribution in [3.63, 3.8) is 0 Å². The maximum atomic E-state index is 6.10. The van der Waals surface area contributed by atoms with Crippen LogP contribution in [0.15, 0.2) is 33.3 Å². The zero-order valence-electron chi connectivity index (χ0n) is 9.14. The Balaban J connectivity index is 1.84. The van der Waals surface area contributed by atoms with Crippen molar-refractivity contribution in [2.24, 2.45) is 5.73 Å². The number of benzene rings is 1. The van der Waals surface area contributed by atoms with Gasteiger partial charge in [-0.05, 0) is 30.5 Å². The summed E-state index contributed by atoms with van der Waals surface area (Å²) >= 11 is 3.39. The molecule has 1 fully saturated rings. The van der Waals surface area contributed by atoms with E-state index in [-0.39, 0.29) is 6.04 Å². The van der Waals surface area contributed by atoms with E-state index >= 15 is 0 Å². The SMILES string of the molecule is NC(c1ccc(Br)cc1)c1noc(C2CC2)n1. The van der Waals surface area contributed by atoms with Crippen molar-refractivity contribution >= 4 is 15.9 Å². The molecule has 0 spiro atoms. The second-order valence-electron chi connectivity index (χ2n) is 4.29. The molecule has 0 radical (unpaired) electrons. The Morgan fingerprint density at radius 2 is 2.00 bits per heavy atom. The van der Waals surface area contributed by atoms with E-state index in [9.17, 15) is 0 Å². The lowest BCUT2D eigenvalue weighted by Gasteiger charge is -2.06. The van der Waals surface area contributed by atoms with Crippen LogP contribution < -0.4 is 5.73 Å². The molecule has 88 valence electrons. The standard InChI is InChI=1S/C12H12BrN3O/c13-9-5-3-7(4-6-9)10(14)11-15-12(17-16-11)8-1-2-8/h3-6,8,10H,1-2,14H2. The third kappa shape index (κ3) is 2.25. The van der Waals surface area contributed by atoms with E-state index in [1.807, 2.05) is 24.3 Å². The van der Waals surface area contributed by atoms with Crippen LogP contribution in [0.4, 0.5) is 0 Å². The molecule has 3 rings (SSSR count). The van der Waals surface area contributed by atoms with Gasteiger partial charge < -0.3 is 10.3 Å². The summed E-state index contributed by atoms with van der Waals surface area (Å²) in [4.78, 5) is 4.36. The number of halogens is 1. The third-order valence-electron chi connectivity index (χ3n) is 2.89. The zero-order chi connectivity index (χ0) is 11.8. The second-order valence-corrected chi connectivity index (χ2v) is 5.21. The number of nitrogens with two attached hydrogens (primary N) is 1. The molecule has 17 heavy (non-hydrogen) atoms. The average Bonchev–Trinajstić information content (AvgIpc) is 3.07. The van der Waals surface area contributed by atoms with Gasteiger partial charge in [-0.25, -0.2) is 0 Å². The predicted octanol–water partition coefficient (Wildman–Crippen LogP) is 2.76.